The van der Waals surface area contributed by atoms with E-state index < -0.39 is 5.82 Å². The summed E-state index contributed by atoms with van der Waals surface area (Å²) in [6.07, 6.45) is -0.0319. The Kier molecular flexibility index (Phi) is 4.50. The highest BCUT2D eigenvalue weighted by Gasteiger charge is 2.21. The summed E-state index contributed by atoms with van der Waals surface area (Å²) in [6.45, 7) is 4.31. The number of benzene rings is 1. The summed E-state index contributed by atoms with van der Waals surface area (Å²) < 4.78 is 19.4. The zero-order chi connectivity index (χ0) is 13.8. The molecule has 104 valence electrons. The van der Waals surface area contributed by atoms with Gasteiger partial charge in [-0.15, -0.1) is 0 Å². The van der Waals surface area contributed by atoms with Crippen LogP contribution < -0.4 is 5.32 Å². The van der Waals surface area contributed by atoms with Crippen LogP contribution >= 0.6 is 0 Å². The molecule has 5 heteroatoms. The van der Waals surface area contributed by atoms with E-state index in [1.54, 1.807) is 26.1 Å². The number of rotatable bonds is 3. The summed E-state index contributed by atoms with van der Waals surface area (Å²) in [4.78, 5) is 13.7. The summed E-state index contributed by atoms with van der Waals surface area (Å²) in [6, 6.07) is 4.86. The Morgan fingerprint density at radius 3 is 3.05 bits per heavy atom. The Bertz CT molecular complexity index is 459. The van der Waals surface area contributed by atoms with Gasteiger partial charge >= 0.3 is 0 Å². The van der Waals surface area contributed by atoms with Gasteiger partial charge in [0, 0.05) is 26.7 Å². The van der Waals surface area contributed by atoms with Gasteiger partial charge < -0.3 is 15.0 Å². The Labute approximate surface area is 112 Å². The predicted molar refractivity (Wildman–Crippen MR) is 70.7 cm³/mol. The predicted octanol–water partition coefficient (Wildman–Crippen LogP) is 1.19. The molecule has 19 heavy (non-hydrogen) atoms. The number of hydrogen-bond donors (Lipinski definition) is 1. The Morgan fingerprint density at radius 2 is 2.37 bits per heavy atom. The van der Waals surface area contributed by atoms with Crippen LogP contribution in [0.4, 0.5) is 4.39 Å². The van der Waals surface area contributed by atoms with Crippen LogP contribution in [0.25, 0.3) is 0 Å². The fourth-order valence-corrected chi connectivity index (χ4v) is 2.14. The monoisotopic (exact) mass is 266 g/mol. The number of halogens is 1. The van der Waals surface area contributed by atoms with Crippen molar-refractivity contribution in [3.05, 3.63) is 35.1 Å². The molecule has 0 bridgehead atoms. The van der Waals surface area contributed by atoms with Crippen molar-refractivity contribution in [1.29, 1.82) is 0 Å². The Hall–Kier alpha value is -1.46. The molecule has 2 rings (SSSR count). The molecule has 1 unspecified atom stereocenters. The highest BCUT2D eigenvalue weighted by molar-refractivity contribution is 5.94. The van der Waals surface area contributed by atoms with Gasteiger partial charge in [0.1, 0.15) is 5.82 Å². The number of nitrogens with one attached hydrogen (secondary N) is 1. The number of carbonyl (C=O) groups excluding carboxylic acids is 1. The minimum Gasteiger partial charge on any atom is -0.374 e. The van der Waals surface area contributed by atoms with Crippen molar-refractivity contribution >= 4 is 5.91 Å². The largest absolute Gasteiger partial charge is 0.374 e. The molecule has 1 aliphatic heterocycles. The van der Waals surface area contributed by atoms with Gasteiger partial charge in [0.25, 0.3) is 5.91 Å². The lowest BCUT2D eigenvalue weighted by Crippen LogP contribution is -2.45. The molecule has 0 aromatic heterocycles. The van der Waals surface area contributed by atoms with Gasteiger partial charge in [0.05, 0.1) is 18.3 Å². The summed E-state index contributed by atoms with van der Waals surface area (Å²) >= 11 is 0. The normalized spacial score (nSPS) is 19.2. The van der Waals surface area contributed by atoms with Crippen LogP contribution in [0, 0.1) is 12.7 Å². The topological polar surface area (TPSA) is 41.6 Å². The van der Waals surface area contributed by atoms with Gasteiger partial charge in [-0.05, 0) is 18.6 Å². The highest BCUT2D eigenvalue weighted by Crippen LogP contribution is 2.14. The molecule has 1 atom stereocenters. The van der Waals surface area contributed by atoms with Crippen molar-refractivity contribution in [2.45, 2.75) is 13.0 Å². The van der Waals surface area contributed by atoms with Crippen LogP contribution in [0.15, 0.2) is 18.2 Å². The first-order valence-electron chi connectivity index (χ1n) is 6.42. The molecular weight excluding hydrogens is 247 g/mol. The van der Waals surface area contributed by atoms with E-state index in [4.69, 9.17) is 4.74 Å². The Morgan fingerprint density at radius 1 is 1.58 bits per heavy atom. The van der Waals surface area contributed by atoms with Gasteiger partial charge in [-0.3, -0.25) is 4.79 Å². The summed E-state index contributed by atoms with van der Waals surface area (Å²) in [5.74, 6) is -0.752. The second-order valence-corrected chi connectivity index (χ2v) is 4.82. The average molecular weight is 266 g/mol. The summed E-state index contributed by atoms with van der Waals surface area (Å²) in [5, 5.41) is 3.20. The minimum absolute atomic E-state index is 0.0319. The van der Waals surface area contributed by atoms with E-state index in [-0.39, 0.29) is 17.6 Å². The maximum atomic E-state index is 13.9. The van der Waals surface area contributed by atoms with Crippen molar-refractivity contribution in [1.82, 2.24) is 10.2 Å². The first-order valence-corrected chi connectivity index (χ1v) is 6.42. The molecule has 1 amide bonds. The molecule has 0 radical (unpaired) electrons. The quantitative estimate of drug-likeness (QED) is 0.893. The number of aryl methyl sites for hydroxylation is 1. The van der Waals surface area contributed by atoms with E-state index in [2.05, 4.69) is 5.32 Å². The third-order valence-electron chi connectivity index (χ3n) is 3.25. The van der Waals surface area contributed by atoms with E-state index in [1.807, 2.05) is 0 Å². The zero-order valence-corrected chi connectivity index (χ0v) is 11.3. The second kappa shape index (κ2) is 6.12. The minimum atomic E-state index is -0.443. The van der Waals surface area contributed by atoms with E-state index in [1.165, 1.54) is 11.0 Å². The maximum absolute atomic E-state index is 13.9. The molecule has 1 aromatic carbocycles. The molecule has 1 saturated heterocycles. The number of morpholine rings is 1. The van der Waals surface area contributed by atoms with Crippen molar-refractivity contribution in [3.63, 3.8) is 0 Å². The third kappa shape index (κ3) is 3.30. The number of hydrogen-bond acceptors (Lipinski definition) is 3. The second-order valence-electron chi connectivity index (χ2n) is 4.82. The molecule has 0 saturated carbocycles. The molecule has 0 aliphatic carbocycles. The van der Waals surface area contributed by atoms with E-state index in [0.29, 0.717) is 25.3 Å². The smallest absolute Gasteiger partial charge is 0.256 e. The number of amides is 1. The number of ether oxygens (including phenoxy) is 1. The van der Waals surface area contributed by atoms with E-state index in [9.17, 15) is 9.18 Å². The molecule has 1 fully saturated rings. The lowest BCUT2D eigenvalue weighted by Gasteiger charge is -2.28. The molecule has 1 N–H and O–H groups in total. The van der Waals surface area contributed by atoms with E-state index >= 15 is 0 Å². The fraction of sp³-hybridized carbons (Fsp3) is 0.500. The van der Waals surface area contributed by atoms with Gasteiger partial charge in [0.15, 0.2) is 0 Å². The SMILES string of the molecule is Cc1cccc(C(=O)N(C)CC2CNCCO2)c1F. The standard InChI is InChI=1S/C14H19FN2O2/c1-10-4-3-5-12(13(10)15)14(18)17(2)9-11-8-16-6-7-19-11/h3-5,11,16H,6-9H2,1-2H3. The van der Waals surface area contributed by atoms with Crippen LogP contribution in [-0.2, 0) is 4.74 Å². The lowest BCUT2D eigenvalue weighted by molar-refractivity contribution is 0.0103. The fourth-order valence-electron chi connectivity index (χ4n) is 2.14. The molecule has 1 aliphatic rings. The lowest BCUT2D eigenvalue weighted by atomic mass is 10.1. The summed E-state index contributed by atoms with van der Waals surface area (Å²) in [5.41, 5.74) is 0.598. The molecular formula is C14H19FN2O2. The van der Waals surface area contributed by atoms with Gasteiger partial charge in [-0.25, -0.2) is 4.39 Å². The molecule has 1 aromatic rings. The van der Waals surface area contributed by atoms with Crippen molar-refractivity contribution < 1.29 is 13.9 Å². The van der Waals surface area contributed by atoms with E-state index in [0.717, 1.165) is 6.54 Å². The molecule has 4 nitrogen and oxygen atoms in total. The van der Waals surface area contributed by atoms with Crippen LogP contribution in [-0.4, -0.2) is 50.2 Å². The van der Waals surface area contributed by atoms with Crippen LogP contribution in [0.2, 0.25) is 0 Å². The molecule has 0 spiro atoms. The van der Waals surface area contributed by atoms with Crippen molar-refractivity contribution in [2.24, 2.45) is 0 Å². The average Bonchev–Trinajstić information content (AvgIpc) is 2.42. The van der Waals surface area contributed by atoms with Crippen molar-refractivity contribution in [3.8, 4) is 0 Å². The first-order chi connectivity index (χ1) is 9.09. The maximum Gasteiger partial charge on any atom is 0.256 e. The van der Waals surface area contributed by atoms with Crippen LogP contribution in [0.5, 0.6) is 0 Å². The van der Waals surface area contributed by atoms with Crippen LogP contribution in [0.1, 0.15) is 15.9 Å². The Balaban J connectivity index is 2.03. The number of likely N-dealkylation sites (N-methyl/N-ethyl adjacent to an activating group) is 1. The zero-order valence-electron chi connectivity index (χ0n) is 11.3. The third-order valence-corrected chi connectivity index (χ3v) is 3.25. The van der Waals surface area contributed by atoms with Gasteiger partial charge in [-0.1, -0.05) is 12.1 Å². The molecule has 1 heterocycles. The summed E-state index contributed by atoms with van der Waals surface area (Å²) in [7, 11) is 1.67. The van der Waals surface area contributed by atoms with Crippen LogP contribution in [0.3, 0.4) is 0 Å². The number of nitrogens with zero attached hydrogens (tertiary/aromatic N) is 1. The number of carbonyl (C=O) groups is 1. The van der Waals surface area contributed by atoms with Gasteiger partial charge in [-0.2, -0.15) is 0 Å². The first kappa shape index (κ1) is 14.0. The van der Waals surface area contributed by atoms with Gasteiger partial charge in [0.2, 0.25) is 0 Å². The highest BCUT2D eigenvalue weighted by atomic mass is 19.1. The van der Waals surface area contributed by atoms with Crippen molar-refractivity contribution in [2.75, 3.05) is 33.3 Å².